The van der Waals surface area contributed by atoms with Crippen LogP contribution in [-0.2, 0) is 11.3 Å². The summed E-state index contributed by atoms with van der Waals surface area (Å²) in [5.41, 5.74) is 2.29. The monoisotopic (exact) mass is 490 g/mol. The van der Waals surface area contributed by atoms with Crippen molar-refractivity contribution in [3.63, 3.8) is 0 Å². The maximum atomic E-state index is 5.86. The average Bonchev–Trinajstić information content (AvgIpc) is 3.44. The van der Waals surface area contributed by atoms with Gasteiger partial charge in [-0.1, -0.05) is 12.1 Å². The highest BCUT2D eigenvalue weighted by Crippen LogP contribution is 2.34. The first kappa shape index (κ1) is 24.0. The number of guanidine groups is 1. The van der Waals surface area contributed by atoms with Gasteiger partial charge in [0.2, 0.25) is 0 Å². The SMILES string of the molecule is CN=C(NCc1ccc(C)cc1OCCOC)NCC(C1CC1)N(C)C.I. The molecule has 1 aliphatic rings. The third kappa shape index (κ3) is 8.23. The number of aryl methyl sites for hydroxylation is 1. The van der Waals surface area contributed by atoms with Crippen LogP contribution in [0.3, 0.4) is 0 Å². The molecule has 6 nitrogen and oxygen atoms in total. The second kappa shape index (κ2) is 12.4. The van der Waals surface area contributed by atoms with Crippen molar-refractivity contribution in [1.82, 2.24) is 15.5 Å². The highest BCUT2D eigenvalue weighted by Gasteiger charge is 2.32. The van der Waals surface area contributed by atoms with Crippen molar-refractivity contribution < 1.29 is 9.47 Å². The number of nitrogens with zero attached hydrogens (tertiary/aromatic N) is 2. The predicted octanol–water partition coefficient (Wildman–Crippen LogP) is 2.64. The summed E-state index contributed by atoms with van der Waals surface area (Å²) in [5, 5.41) is 6.86. The molecule has 1 aliphatic carbocycles. The van der Waals surface area contributed by atoms with Crippen molar-refractivity contribution in [2.75, 3.05) is 48.0 Å². The van der Waals surface area contributed by atoms with Gasteiger partial charge in [-0.05, 0) is 51.4 Å². The largest absolute Gasteiger partial charge is 0.491 e. The molecule has 0 aromatic heterocycles. The maximum Gasteiger partial charge on any atom is 0.191 e. The van der Waals surface area contributed by atoms with Gasteiger partial charge in [0.15, 0.2) is 5.96 Å². The van der Waals surface area contributed by atoms with Crippen LogP contribution in [0.1, 0.15) is 24.0 Å². The molecule has 0 heterocycles. The van der Waals surface area contributed by atoms with E-state index in [0.717, 1.165) is 29.7 Å². The van der Waals surface area contributed by atoms with Crippen molar-refractivity contribution >= 4 is 29.9 Å². The van der Waals surface area contributed by atoms with Gasteiger partial charge in [-0.2, -0.15) is 0 Å². The topological polar surface area (TPSA) is 58.1 Å². The van der Waals surface area contributed by atoms with Crippen LogP contribution in [-0.4, -0.2) is 64.9 Å². The second-order valence-corrected chi connectivity index (χ2v) is 7.13. The number of halogens is 1. The molecule has 0 amide bonds. The highest BCUT2D eigenvalue weighted by molar-refractivity contribution is 14.0. The molecule has 2 rings (SSSR count). The molecule has 27 heavy (non-hydrogen) atoms. The quantitative estimate of drug-likeness (QED) is 0.229. The molecule has 7 heteroatoms. The molecule has 1 atom stereocenters. The summed E-state index contributed by atoms with van der Waals surface area (Å²) in [7, 11) is 7.79. The molecule has 1 aromatic rings. The zero-order chi connectivity index (χ0) is 18.9. The molecule has 0 bridgehead atoms. The van der Waals surface area contributed by atoms with Crippen molar-refractivity contribution in [3.05, 3.63) is 29.3 Å². The Hall–Kier alpha value is -1.06. The summed E-state index contributed by atoms with van der Waals surface area (Å²) in [6.07, 6.45) is 2.67. The summed E-state index contributed by atoms with van der Waals surface area (Å²) in [6, 6.07) is 6.83. The third-order valence-corrected chi connectivity index (χ3v) is 4.75. The molecule has 1 fully saturated rings. The number of ether oxygens (including phenoxy) is 2. The van der Waals surface area contributed by atoms with Crippen molar-refractivity contribution in [1.29, 1.82) is 0 Å². The third-order valence-electron chi connectivity index (χ3n) is 4.75. The second-order valence-electron chi connectivity index (χ2n) is 7.13. The van der Waals surface area contributed by atoms with Crippen molar-refractivity contribution in [2.45, 2.75) is 32.4 Å². The van der Waals surface area contributed by atoms with Crippen LogP contribution in [0.15, 0.2) is 23.2 Å². The molecular formula is C20H35IN4O2. The van der Waals surface area contributed by atoms with Crippen LogP contribution in [0.4, 0.5) is 0 Å². The van der Waals surface area contributed by atoms with E-state index in [0.29, 0.717) is 25.8 Å². The van der Waals surface area contributed by atoms with E-state index in [2.05, 4.69) is 59.7 Å². The lowest BCUT2D eigenvalue weighted by atomic mass is 10.1. The van der Waals surface area contributed by atoms with Gasteiger partial charge in [-0.3, -0.25) is 4.99 Å². The van der Waals surface area contributed by atoms with Gasteiger partial charge in [-0.15, -0.1) is 24.0 Å². The Labute approximate surface area is 181 Å². The van der Waals surface area contributed by atoms with Gasteiger partial charge in [-0.25, -0.2) is 0 Å². The molecule has 154 valence electrons. The van der Waals surface area contributed by atoms with Crippen LogP contribution in [0.25, 0.3) is 0 Å². The van der Waals surface area contributed by atoms with Gasteiger partial charge in [0, 0.05) is 38.9 Å². The number of hydrogen-bond acceptors (Lipinski definition) is 4. The van der Waals surface area contributed by atoms with Crippen molar-refractivity contribution in [2.24, 2.45) is 10.9 Å². The van der Waals surface area contributed by atoms with Gasteiger partial charge >= 0.3 is 0 Å². The Morgan fingerprint density at radius 1 is 1.26 bits per heavy atom. The summed E-state index contributed by atoms with van der Waals surface area (Å²) < 4.78 is 10.9. The summed E-state index contributed by atoms with van der Waals surface area (Å²) in [4.78, 5) is 6.66. The first-order valence-electron chi connectivity index (χ1n) is 9.37. The number of methoxy groups -OCH3 is 1. The lowest BCUT2D eigenvalue weighted by Crippen LogP contribution is -2.45. The van der Waals surface area contributed by atoms with E-state index >= 15 is 0 Å². The minimum atomic E-state index is 0. The number of hydrogen-bond donors (Lipinski definition) is 2. The van der Waals surface area contributed by atoms with E-state index in [4.69, 9.17) is 9.47 Å². The zero-order valence-corrected chi connectivity index (χ0v) is 19.6. The van der Waals surface area contributed by atoms with Gasteiger partial charge < -0.3 is 25.0 Å². The first-order valence-corrected chi connectivity index (χ1v) is 9.37. The van der Waals surface area contributed by atoms with Crippen LogP contribution in [0, 0.1) is 12.8 Å². The lowest BCUT2D eigenvalue weighted by molar-refractivity contribution is 0.145. The number of benzene rings is 1. The van der Waals surface area contributed by atoms with E-state index in [-0.39, 0.29) is 24.0 Å². The fourth-order valence-corrected chi connectivity index (χ4v) is 3.03. The van der Waals surface area contributed by atoms with Gasteiger partial charge in [0.25, 0.3) is 0 Å². The standard InChI is InChI=1S/C20H34N4O2.HI/c1-15-6-7-17(19(12-15)26-11-10-25-5)13-22-20(21-2)23-14-18(24(3)4)16-8-9-16;/h6-7,12,16,18H,8-11,13-14H2,1-5H3,(H2,21,22,23);1H. The van der Waals surface area contributed by atoms with Gasteiger partial charge in [0.1, 0.15) is 12.4 Å². The Bertz CT molecular complexity index is 589. The number of rotatable bonds is 10. The Balaban J connectivity index is 0.00000364. The van der Waals surface area contributed by atoms with E-state index < -0.39 is 0 Å². The Morgan fingerprint density at radius 2 is 2.00 bits per heavy atom. The average molecular weight is 490 g/mol. The smallest absolute Gasteiger partial charge is 0.191 e. The van der Waals surface area contributed by atoms with E-state index in [1.807, 2.05) is 7.05 Å². The van der Waals surface area contributed by atoms with Crippen LogP contribution in [0.5, 0.6) is 5.75 Å². The lowest BCUT2D eigenvalue weighted by Gasteiger charge is -2.25. The minimum Gasteiger partial charge on any atom is -0.491 e. The normalized spacial score (nSPS) is 15.3. The molecule has 0 spiro atoms. The molecule has 1 unspecified atom stereocenters. The minimum absolute atomic E-state index is 0. The fraction of sp³-hybridized carbons (Fsp3) is 0.650. The summed E-state index contributed by atoms with van der Waals surface area (Å²) >= 11 is 0. The van der Waals surface area contributed by atoms with E-state index in [1.54, 1.807) is 7.11 Å². The first-order chi connectivity index (χ1) is 12.5. The number of likely N-dealkylation sites (N-methyl/N-ethyl adjacent to an activating group) is 1. The Kier molecular flexibility index (Phi) is 11.0. The molecule has 2 N–H and O–H groups in total. The molecule has 0 radical (unpaired) electrons. The maximum absolute atomic E-state index is 5.86. The van der Waals surface area contributed by atoms with Crippen LogP contribution in [0.2, 0.25) is 0 Å². The zero-order valence-electron chi connectivity index (χ0n) is 17.2. The number of aliphatic imine (C=N–C) groups is 1. The van der Waals surface area contributed by atoms with Crippen LogP contribution >= 0.6 is 24.0 Å². The predicted molar refractivity (Wildman–Crippen MR) is 122 cm³/mol. The van der Waals surface area contributed by atoms with Crippen LogP contribution < -0.4 is 15.4 Å². The highest BCUT2D eigenvalue weighted by atomic mass is 127. The van der Waals surface area contributed by atoms with Gasteiger partial charge in [0.05, 0.1) is 6.61 Å². The molecule has 1 aromatic carbocycles. The molecule has 0 aliphatic heterocycles. The molecule has 1 saturated carbocycles. The van der Waals surface area contributed by atoms with E-state index in [9.17, 15) is 0 Å². The van der Waals surface area contributed by atoms with E-state index in [1.165, 1.54) is 18.4 Å². The summed E-state index contributed by atoms with van der Waals surface area (Å²) in [6.45, 7) is 4.77. The molecule has 0 saturated heterocycles. The summed E-state index contributed by atoms with van der Waals surface area (Å²) in [5.74, 6) is 2.53. The number of nitrogens with one attached hydrogen (secondary N) is 2. The fourth-order valence-electron chi connectivity index (χ4n) is 3.03. The Morgan fingerprint density at radius 3 is 2.59 bits per heavy atom. The van der Waals surface area contributed by atoms with Crippen molar-refractivity contribution in [3.8, 4) is 5.75 Å². The molecular weight excluding hydrogens is 455 g/mol.